The molecule has 1 aliphatic carbocycles. The van der Waals surface area contributed by atoms with Crippen molar-refractivity contribution in [2.24, 2.45) is 5.92 Å². The minimum absolute atomic E-state index is 0.0468. The van der Waals surface area contributed by atoms with Crippen molar-refractivity contribution in [1.82, 2.24) is 0 Å². The minimum Gasteiger partial charge on any atom is -0.506 e. The van der Waals surface area contributed by atoms with Crippen molar-refractivity contribution < 1.29 is 9.90 Å². The maximum atomic E-state index is 11.8. The molecule has 17 heavy (non-hydrogen) atoms. The van der Waals surface area contributed by atoms with Crippen LogP contribution in [0.2, 0.25) is 5.02 Å². The van der Waals surface area contributed by atoms with Crippen LogP contribution >= 0.6 is 11.6 Å². The lowest BCUT2D eigenvalue weighted by Gasteiger charge is -2.10. The molecular weight excluding hydrogens is 238 g/mol. The Balaban J connectivity index is 1.95. The third-order valence-corrected chi connectivity index (χ3v) is 3.42. The number of hydrogen-bond acceptors (Lipinski definition) is 2. The van der Waals surface area contributed by atoms with E-state index in [1.807, 2.05) is 0 Å². The molecule has 2 rings (SSSR count). The van der Waals surface area contributed by atoms with E-state index in [1.54, 1.807) is 12.1 Å². The predicted octanol–water partition coefficient (Wildman–Crippen LogP) is 3.56. The molecule has 1 aromatic rings. The van der Waals surface area contributed by atoms with Crippen LogP contribution < -0.4 is 5.32 Å². The molecule has 3 nitrogen and oxygen atoms in total. The van der Waals surface area contributed by atoms with Crippen LogP contribution in [0.1, 0.15) is 32.1 Å². The van der Waals surface area contributed by atoms with E-state index in [0.717, 1.165) is 12.8 Å². The molecule has 2 N–H and O–H groups in total. The van der Waals surface area contributed by atoms with Crippen molar-refractivity contribution in [2.75, 3.05) is 5.32 Å². The van der Waals surface area contributed by atoms with Crippen LogP contribution in [0.25, 0.3) is 0 Å². The van der Waals surface area contributed by atoms with Gasteiger partial charge in [0.25, 0.3) is 0 Å². The first-order valence-electron chi connectivity index (χ1n) is 5.93. The number of phenols is 1. The monoisotopic (exact) mass is 253 g/mol. The number of phenolic OH excluding ortho intramolecular Hbond substituents is 1. The smallest absolute Gasteiger partial charge is 0.224 e. The number of amides is 1. The average Bonchev–Trinajstić information content (AvgIpc) is 2.76. The van der Waals surface area contributed by atoms with Gasteiger partial charge >= 0.3 is 0 Å². The van der Waals surface area contributed by atoms with Gasteiger partial charge in [0.2, 0.25) is 5.91 Å². The zero-order chi connectivity index (χ0) is 12.3. The molecule has 1 amide bonds. The summed E-state index contributed by atoms with van der Waals surface area (Å²) in [6.07, 6.45) is 5.25. The predicted molar refractivity (Wildman–Crippen MR) is 68.3 cm³/mol. The maximum Gasteiger partial charge on any atom is 0.224 e. The lowest BCUT2D eigenvalue weighted by Crippen LogP contribution is -2.15. The summed E-state index contributed by atoms with van der Waals surface area (Å²) in [6.45, 7) is 0. The molecule has 0 aromatic heterocycles. The summed E-state index contributed by atoms with van der Waals surface area (Å²) in [5.41, 5.74) is 0.389. The minimum atomic E-state index is -0.0468. The molecule has 1 aliphatic rings. The largest absolute Gasteiger partial charge is 0.506 e. The molecule has 0 aliphatic heterocycles. The normalized spacial score (nSPS) is 16.1. The van der Waals surface area contributed by atoms with Crippen molar-refractivity contribution >= 4 is 23.2 Å². The fourth-order valence-corrected chi connectivity index (χ4v) is 2.46. The summed E-state index contributed by atoms with van der Waals surface area (Å²) in [5.74, 6) is 0.500. The Bertz CT molecular complexity index is 414. The van der Waals surface area contributed by atoms with Gasteiger partial charge in [-0.05, 0) is 37.0 Å². The average molecular weight is 254 g/mol. The van der Waals surface area contributed by atoms with E-state index < -0.39 is 0 Å². The molecule has 1 fully saturated rings. The van der Waals surface area contributed by atoms with Gasteiger partial charge in [-0.1, -0.05) is 24.4 Å². The van der Waals surface area contributed by atoms with Gasteiger partial charge < -0.3 is 10.4 Å². The van der Waals surface area contributed by atoms with Crippen LogP contribution in [0, 0.1) is 5.92 Å². The highest BCUT2D eigenvalue weighted by Crippen LogP contribution is 2.30. The molecular formula is C13H16ClNO2. The zero-order valence-electron chi connectivity index (χ0n) is 9.58. The number of benzene rings is 1. The Hall–Kier alpha value is -1.22. The number of aromatic hydroxyl groups is 1. The molecule has 0 atom stereocenters. The van der Waals surface area contributed by atoms with E-state index in [4.69, 9.17) is 11.6 Å². The Labute approximate surface area is 106 Å². The van der Waals surface area contributed by atoms with Gasteiger partial charge in [-0.15, -0.1) is 0 Å². The van der Waals surface area contributed by atoms with E-state index >= 15 is 0 Å². The topological polar surface area (TPSA) is 49.3 Å². The Morgan fingerprint density at radius 1 is 1.41 bits per heavy atom. The second kappa shape index (κ2) is 5.41. The second-order valence-electron chi connectivity index (χ2n) is 4.56. The van der Waals surface area contributed by atoms with Crippen LogP contribution in [0.3, 0.4) is 0 Å². The standard InChI is InChI=1S/C13H16ClNO2/c14-10-5-6-12(16)11(8-10)15-13(17)7-9-3-1-2-4-9/h5-6,8-9,16H,1-4,7H2,(H,15,17). The lowest BCUT2D eigenvalue weighted by molar-refractivity contribution is -0.117. The van der Waals surface area contributed by atoms with Gasteiger partial charge in [0, 0.05) is 11.4 Å². The quantitative estimate of drug-likeness (QED) is 0.809. The zero-order valence-corrected chi connectivity index (χ0v) is 10.3. The molecule has 1 aromatic carbocycles. The Morgan fingerprint density at radius 2 is 2.12 bits per heavy atom. The van der Waals surface area contributed by atoms with Gasteiger partial charge in [0.1, 0.15) is 5.75 Å². The van der Waals surface area contributed by atoms with Crippen LogP contribution in [0.4, 0.5) is 5.69 Å². The first-order valence-corrected chi connectivity index (χ1v) is 6.31. The number of carbonyl (C=O) groups excluding carboxylic acids is 1. The van der Waals surface area contributed by atoms with Crippen LogP contribution in [-0.4, -0.2) is 11.0 Å². The highest BCUT2D eigenvalue weighted by Gasteiger charge is 2.18. The molecule has 92 valence electrons. The van der Waals surface area contributed by atoms with Gasteiger partial charge in [-0.2, -0.15) is 0 Å². The summed E-state index contributed by atoms with van der Waals surface area (Å²) < 4.78 is 0. The van der Waals surface area contributed by atoms with E-state index in [9.17, 15) is 9.90 Å². The number of halogens is 1. The first-order chi connectivity index (χ1) is 8.15. The molecule has 0 saturated heterocycles. The van der Waals surface area contributed by atoms with Gasteiger partial charge in [-0.25, -0.2) is 0 Å². The molecule has 0 heterocycles. The van der Waals surface area contributed by atoms with Crippen LogP contribution in [0.5, 0.6) is 5.75 Å². The molecule has 0 bridgehead atoms. The van der Waals surface area contributed by atoms with Crippen molar-refractivity contribution in [3.63, 3.8) is 0 Å². The molecule has 0 radical (unpaired) electrons. The highest BCUT2D eigenvalue weighted by molar-refractivity contribution is 6.31. The van der Waals surface area contributed by atoms with Crippen molar-refractivity contribution in [3.8, 4) is 5.75 Å². The van der Waals surface area contributed by atoms with E-state index in [2.05, 4.69) is 5.32 Å². The van der Waals surface area contributed by atoms with Crippen molar-refractivity contribution in [2.45, 2.75) is 32.1 Å². The Kier molecular flexibility index (Phi) is 3.89. The lowest BCUT2D eigenvalue weighted by atomic mass is 10.0. The van der Waals surface area contributed by atoms with Crippen molar-refractivity contribution in [3.05, 3.63) is 23.2 Å². The van der Waals surface area contributed by atoms with Gasteiger partial charge in [0.15, 0.2) is 0 Å². The molecule has 1 saturated carbocycles. The van der Waals surface area contributed by atoms with Gasteiger partial charge in [0.05, 0.1) is 5.69 Å². The SMILES string of the molecule is O=C(CC1CCCC1)Nc1cc(Cl)ccc1O. The second-order valence-corrected chi connectivity index (χ2v) is 5.00. The number of nitrogens with one attached hydrogen (secondary N) is 1. The fraction of sp³-hybridized carbons (Fsp3) is 0.462. The first kappa shape index (κ1) is 12.2. The third kappa shape index (κ3) is 3.37. The number of carbonyl (C=O) groups is 1. The summed E-state index contributed by atoms with van der Waals surface area (Å²) in [5, 5.41) is 12.8. The van der Waals surface area contributed by atoms with Gasteiger partial charge in [-0.3, -0.25) is 4.79 Å². The van der Waals surface area contributed by atoms with Crippen LogP contribution in [0.15, 0.2) is 18.2 Å². The summed E-state index contributed by atoms with van der Waals surface area (Å²) in [7, 11) is 0. The summed E-state index contributed by atoms with van der Waals surface area (Å²) in [6, 6.07) is 4.63. The number of rotatable bonds is 3. The Morgan fingerprint density at radius 3 is 2.82 bits per heavy atom. The number of anilines is 1. The molecule has 0 spiro atoms. The molecule has 4 heteroatoms. The van der Waals surface area contributed by atoms with E-state index in [1.165, 1.54) is 18.9 Å². The highest BCUT2D eigenvalue weighted by atomic mass is 35.5. The third-order valence-electron chi connectivity index (χ3n) is 3.18. The van der Waals surface area contributed by atoms with Crippen molar-refractivity contribution in [1.29, 1.82) is 0 Å². The fourth-order valence-electron chi connectivity index (χ4n) is 2.29. The summed E-state index contributed by atoms with van der Waals surface area (Å²) in [4.78, 5) is 11.8. The maximum absolute atomic E-state index is 11.8. The number of hydrogen-bond donors (Lipinski definition) is 2. The van der Waals surface area contributed by atoms with E-state index in [-0.39, 0.29) is 11.7 Å². The summed E-state index contributed by atoms with van der Waals surface area (Å²) >= 11 is 5.81. The van der Waals surface area contributed by atoms with E-state index in [0.29, 0.717) is 23.0 Å². The van der Waals surface area contributed by atoms with Crippen LogP contribution in [-0.2, 0) is 4.79 Å². The molecule has 0 unspecified atom stereocenters.